The van der Waals surface area contributed by atoms with Crippen LogP contribution < -0.4 is 5.73 Å². The van der Waals surface area contributed by atoms with Crippen molar-refractivity contribution in [1.82, 2.24) is 0 Å². The van der Waals surface area contributed by atoms with Crippen LogP contribution in [0.3, 0.4) is 0 Å². The van der Waals surface area contributed by atoms with Gasteiger partial charge in [0.1, 0.15) is 0 Å². The fraction of sp³-hybridized carbons (Fsp3) is 0.250. The molecule has 0 aromatic heterocycles. The smallest absolute Gasteiger partial charge is 0.318 e. The Morgan fingerprint density at radius 1 is 0.850 bits per heavy atom. The van der Waals surface area contributed by atoms with Gasteiger partial charge in [0.25, 0.3) is 0 Å². The minimum absolute atomic E-state index is 0.0800. The standard InChI is InChI=1S/C16H16F3N/c1-11-7-9-12(10-8-11)15(2,20)13-5-3-4-6-14(13)16(17,18)19/h3-10H,20H2,1-2H3. The van der Waals surface area contributed by atoms with Crippen LogP contribution in [0.25, 0.3) is 0 Å². The van der Waals surface area contributed by atoms with E-state index in [0.717, 1.165) is 11.6 Å². The van der Waals surface area contributed by atoms with Gasteiger partial charge in [0.2, 0.25) is 0 Å². The summed E-state index contributed by atoms with van der Waals surface area (Å²) in [5.74, 6) is 0. The van der Waals surface area contributed by atoms with E-state index in [9.17, 15) is 13.2 Å². The number of rotatable bonds is 2. The predicted octanol–water partition coefficient (Wildman–Crippen LogP) is 4.24. The maximum absolute atomic E-state index is 13.1. The normalized spacial score (nSPS) is 14.9. The number of alkyl halides is 3. The van der Waals surface area contributed by atoms with Gasteiger partial charge in [-0.25, -0.2) is 0 Å². The summed E-state index contributed by atoms with van der Waals surface area (Å²) < 4.78 is 39.3. The molecule has 0 amide bonds. The fourth-order valence-electron chi connectivity index (χ4n) is 2.24. The van der Waals surface area contributed by atoms with Crippen molar-refractivity contribution in [3.05, 3.63) is 70.8 Å². The molecule has 20 heavy (non-hydrogen) atoms. The summed E-state index contributed by atoms with van der Waals surface area (Å²) in [5.41, 5.74) is 6.09. The molecule has 0 aliphatic carbocycles. The fourth-order valence-corrected chi connectivity index (χ4v) is 2.24. The summed E-state index contributed by atoms with van der Waals surface area (Å²) in [6.45, 7) is 3.52. The average molecular weight is 279 g/mol. The van der Waals surface area contributed by atoms with Gasteiger partial charge in [-0.15, -0.1) is 0 Å². The van der Waals surface area contributed by atoms with Crippen LogP contribution in [0.2, 0.25) is 0 Å². The summed E-state index contributed by atoms with van der Waals surface area (Å²) in [5, 5.41) is 0. The van der Waals surface area contributed by atoms with Gasteiger partial charge >= 0.3 is 6.18 Å². The summed E-state index contributed by atoms with van der Waals surface area (Å²) in [7, 11) is 0. The van der Waals surface area contributed by atoms with Crippen LogP contribution in [0.4, 0.5) is 13.2 Å². The molecular weight excluding hydrogens is 263 g/mol. The van der Waals surface area contributed by atoms with Crippen LogP contribution in [-0.2, 0) is 11.7 Å². The molecule has 0 bridgehead atoms. The minimum Gasteiger partial charge on any atom is -0.318 e. The second-order valence-corrected chi connectivity index (χ2v) is 5.11. The van der Waals surface area contributed by atoms with E-state index < -0.39 is 17.3 Å². The molecule has 2 rings (SSSR count). The van der Waals surface area contributed by atoms with Gasteiger partial charge in [0.15, 0.2) is 0 Å². The number of hydrogen-bond acceptors (Lipinski definition) is 1. The number of aryl methyl sites for hydroxylation is 1. The highest BCUT2D eigenvalue weighted by molar-refractivity contribution is 5.43. The lowest BCUT2D eigenvalue weighted by molar-refractivity contribution is -0.138. The first-order chi connectivity index (χ1) is 9.23. The Labute approximate surface area is 116 Å². The van der Waals surface area contributed by atoms with Crippen molar-refractivity contribution in [1.29, 1.82) is 0 Å². The van der Waals surface area contributed by atoms with Crippen LogP contribution >= 0.6 is 0 Å². The topological polar surface area (TPSA) is 26.0 Å². The van der Waals surface area contributed by atoms with Gasteiger partial charge in [0, 0.05) is 0 Å². The molecule has 2 N–H and O–H groups in total. The predicted molar refractivity (Wildman–Crippen MR) is 73.3 cm³/mol. The third-order valence-corrected chi connectivity index (χ3v) is 3.44. The third kappa shape index (κ3) is 2.70. The van der Waals surface area contributed by atoms with E-state index in [0.29, 0.717) is 5.56 Å². The van der Waals surface area contributed by atoms with Crippen molar-refractivity contribution >= 4 is 0 Å². The molecule has 0 heterocycles. The molecule has 0 radical (unpaired) electrons. The van der Waals surface area contributed by atoms with Crippen molar-refractivity contribution in [3.8, 4) is 0 Å². The Balaban J connectivity index is 2.57. The number of nitrogens with two attached hydrogens (primary N) is 1. The van der Waals surface area contributed by atoms with Crippen molar-refractivity contribution in [2.45, 2.75) is 25.6 Å². The van der Waals surface area contributed by atoms with E-state index in [1.807, 2.05) is 19.1 Å². The van der Waals surface area contributed by atoms with E-state index in [1.54, 1.807) is 25.1 Å². The summed E-state index contributed by atoms with van der Waals surface area (Å²) in [6, 6.07) is 12.7. The maximum Gasteiger partial charge on any atom is 0.416 e. The molecule has 0 saturated carbocycles. The highest BCUT2D eigenvalue weighted by Gasteiger charge is 2.38. The number of benzene rings is 2. The van der Waals surface area contributed by atoms with Crippen LogP contribution in [0.5, 0.6) is 0 Å². The zero-order valence-electron chi connectivity index (χ0n) is 11.3. The SMILES string of the molecule is Cc1ccc(C(C)(N)c2ccccc2C(F)(F)F)cc1. The molecule has 0 spiro atoms. The van der Waals surface area contributed by atoms with Crippen molar-refractivity contribution in [2.75, 3.05) is 0 Å². The molecule has 1 nitrogen and oxygen atoms in total. The summed E-state index contributed by atoms with van der Waals surface area (Å²) >= 11 is 0. The molecule has 0 fully saturated rings. The first kappa shape index (κ1) is 14.6. The molecule has 106 valence electrons. The van der Waals surface area contributed by atoms with Crippen molar-refractivity contribution < 1.29 is 13.2 Å². The average Bonchev–Trinajstić information content (AvgIpc) is 2.38. The molecule has 0 aliphatic heterocycles. The first-order valence-corrected chi connectivity index (χ1v) is 6.25. The molecule has 4 heteroatoms. The molecule has 1 atom stereocenters. The molecule has 2 aromatic carbocycles. The highest BCUT2D eigenvalue weighted by Crippen LogP contribution is 2.38. The van der Waals surface area contributed by atoms with E-state index >= 15 is 0 Å². The van der Waals surface area contributed by atoms with Gasteiger partial charge < -0.3 is 5.73 Å². The minimum atomic E-state index is -4.41. The van der Waals surface area contributed by atoms with Gasteiger partial charge in [-0.05, 0) is 31.0 Å². The molecular formula is C16H16F3N. The second kappa shape index (κ2) is 4.94. The van der Waals surface area contributed by atoms with Crippen LogP contribution in [0, 0.1) is 6.92 Å². The zero-order valence-corrected chi connectivity index (χ0v) is 11.3. The van der Waals surface area contributed by atoms with E-state index in [1.165, 1.54) is 12.1 Å². The molecule has 1 unspecified atom stereocenters. The van der Waals surface area contributed by atoms with Gasteiger partial charge in [-0.2, -0.15) is 13.2 Å². The number of hydrogen-bond donors (Lipinski definition) is 1. The summed E-state index contributed by atoms with van der Waals surface area (Å²) in [6.07, 6.45) is -4.41. The zero-order chi connectivity index (χ0) is 15.0. The second-order valence-electron chi connectivity index (χ2n) is 5.11. The van der Waals surface area contributed by atoms with Crippen molar-refractivity contribution in [2.24, 2.45) is 5.73 Å². The lowest BCUT2D eigenvalue weighted by atomic mass is 9.82. The largest absolute Gasteiger partial charge is 0.416 e. The lowest BCUT2D eigenvalue weighted by Crippen LogP contribution is -2.36. The lowest BCUT2D eigenvalue weighted by Gasteiger charge is -2.29. The van der Waals surface area contributed by atoms with Crippen LogP contribution in [0.15, 0.2) is 48.5 Å². The Bertz CT molecular complexity index is 598. The Morgan fingerprint density at radius 2 is 1.35 bits per heavy atom. The van der Waals surface area contributed by atoms with E-state index in [4.69, 9.17) is 5.73 Å². The Hall–Kier alpha value is -1.81. The molecule has 0 saturated heterocycles. The Kier molecular flexibility index (Phi) is 3.61. The Morgan fingerprint density at radius 3 is 1.85 bits per heavy atom. The van der Waals surface area contributed by atoms with Crippen molar-refractivity contribution in [3.63, 3.8) is 0 Å². The first-order valence-electron chi connectivity index (χ1n) is 6.25. The number of halogens is 3. The van der Waals surface area contributed by atoms with E-state index in [2.05, 4.69) is 0 Å². The summed E-state index contributed by atoms with van der Waals surface area (Å²) in [4.78, 5) is 0. The highest BCUT2D eigenvalue weighted by atomic mass is 19.4. The monoisotopic (exact) mass is 279 g/mol. The van der Waals surface area contributed by atoms with Gasteiger partial charge in [-0.1, -0.05) is 48.0 Å². The maximum atomic E-state index is 13.1. The molecule has 2 aromatic rings. The van der Waals surface area contributed by atoms with Crippen LogP contribution in [0.1, 0.15) is 29.2 Å². The van der Waals surface area contributed by atoms with Crippen LogP contribution in [-0.4, -0.2) is 0 Å². The quantitative estimate of drug-likeness (QED) is 0.874. The molecule has 0 aliphatic rings. The van der Waals surface area contributed by atoms with Gasteiger partial charge in [0.05, 0.1) is 11.1 Å². The van der Waals surface area contributed by atoms with Gasteiger partial charge in [-0.3, -0.25) is 0 Å². The third-order valence-electron chi connectivity index (χ3n) is 3.44. The van der Waals surface area contributed by atoms with E-state index in [-0.39, 0.29) is 5.56 Å².